The van der Waals surface area contributed by atoms with Crippen molar-refractivity contribution >= 4 is 29.3 Å². The summed E-state index contributed by atoms with van der Waals surface area (Å²) in [5.74, 6) is -2.40. The predicted octanol–water partition coefficient (Wildman–Crippen LogP) is 1.66. The summed E-state index contributed by atoms with van der Waals surface area (Å²) < 4.78 is 5.18. The van der Waals surface area contributed by atoms with E-state index in [0.29, 0.717) is 0 Å². The predicted molar refractivity (Wildman–Crippen MR) is 87.0 cm³/mol. The fraction of sp³-hybridized carbons (Fsp3) is 0.400. The monoisotopic (exact) mass is 353 g/mol. The van der Waals surface area contributed by atoms with Gasteiger partial charge in [-0.05, 0) is 32.9 Å². The molecule has 1 rings (SSSR count). The number of non-ortho nitro benzene ring substituents is 1. The summed E-state index contributed by atoms with van der Waals surface area (Å²) in [5.41, 5.74) is 3.92. The largest absolute Gasteiger partial charge is 0.480 e. The lowest BCUT2D eigenvalue weighted by Crippen LogP contribution is -2.49. The van der Waals surface area contributed by atoms with E-state index in [9.17, 15) is 29.6 Å². The third kappa shape index (κ3) is 5.75. The second-order valence-electron chi connectivity index (χ2n) is 6.15. The van der Waals surface area contributed by atoms with Gasteiger partial charge in [0, 0.05) is 17.8 Å². The zero-order valence-corrected chi connectivity index (χ0v) is 14.0. The van der Waals surface area contributed by atoms with Crippen LogP contribution < -0.4 is 10.6 Å². The van der Waals surface area contributed by atoms with Crippen LogP contribution in [0.3, 0.4) is 0 Å². The van der Waals surface area contributed by atoms with Crippen LogP contribution >= 0.6 is 0 Å². The molecule has 0 bridgehead atoms. The molecule has 1 aromatic rings. The van der Waals surface area contributed by atoms with Crippen molar-refractivity contribution in [1.82, 2.24) is 0 Å². The molecule has 1 aromatic carbocycles. The Kier molecular flexibility index (Phi) is 6.04. The number of nitro groups is 1. The standard InChI is InChI=1S/C15H19N3O7/c1-15(2,3)25-14(22)17(11(13(20)21)8-12(16)19)9-4-6-10(7-5-9)18(23)24/h4-7,11H,8H2,1-3H3,(H2,16,19)(H,20,21)/t11-/m0/s1. The van der Waals surface area contributed by atoms with Crippen LogP contribution in [0.2, 0.25) is 0 Å². The van der Waals surface area contributed by atoms with Crippen LogP contribution in [-0.2, 0) is 14.3 Å². The number of carbonyl (C=O) groups excluding carboxylic acids is 2. The topological polar surface area (TPSA) is 153 Å². The van der Waals surface area contributed by atoms with Crippen molar-refractivity contribution in [3.05, 3.63) is 34.4 Å². The Hall–Kier alpha value is -3.17. The van der Waals surface area contributed by atoms with E-state index in [1.54, 1.807) is 20.8 Å². The van der Waals surface area contributed by atoms with Crippen LogP contribution in [0, 0.1) is 10.1 Å². The summed E-state index contributed by atoms with van der Waals surface area (Å²) in [4.78, 5) is 46.0. The number of hydrogen-bond donors (Lipinski definition) is 2. The van der Waals surface area contributed by atoms with E-state index in [-0.39, 0.29) is 11.4 Å². The molecule has 0 spiro atoms. The lowest BCUT2D eigenvalue weighted by Gasteiger charge is -2.31. The molecule has 10 heteroatoms. The van der Waals surface area contributed by atoms with E-state index >= 15 is 0 Å². The van der Waals surface area contributed by atoms with E-state index in [1.165, 1.54) is 12.1 Å². The number of ether oxygens (including phenoxy) is 1. The molecule has 25 heavy (non-hydrogen) atoms. The Labute approximate surface area is 143 Å². The molecule has 0 saturated carbocycles. The van der Waals surface area contributed by atoms with Gasteiger partial charge in [0.25, 0.3) is 5.69 Å². The smallest absolute Gasteiger partial charge is 0.415 e. The molecule has 0 fully saturated rings. The molecular formula is C15H19N3O7. The van der Waals surface area contributed by atoms with Gasteiger partial charge >= 0.3 is 12.1 Å². The highest BCUT2D eigenvalue weighted by Crippen LogP contribution is 2.25. The van der Waals surface area contributed by atoms with Gasteiger partial charge in [-0.15, -0.1) is 0 Å². The summed E-state index contributed by atoms with van der Waals surface area (Å²) >= 11 is 0. The Morgan fingerprint density at radius 3 is 2.16 bits per heavy atom. The van der Waals surface area contributed by atoms with Gasteiger partial charge in [0.2, 0.25) is 5.91 Å². The summed E-state index contributed by atoms with van der Waals surface area (Å²) in [6, 6.07) is 2.98. The van der Waals surface area contributed by atoms with Crippen molar-refractivity contribution in [3.63, 3.8) is 0 Å². The van der Waals surface area contributed by atoms with Crippen LogP contribution in [0.25, 0.3) is 0 Å². The van der Waals surface area contributed by atoms with E-state index in [2.05, 4.69) is 0 Å². The number of nitrogens with zero attached hydrogens (tertiary/aromatic N) is 2. The number of carboxylic acid groups (broad SMARTS) is 1. The average Bonchev–Trinajstić information content (AvgIpc) is 2.44. The van der Waals surface area contributed by atoms with Crippen LogP contribution in [0.1, 0.15) is 27.2 Å². The molecule has 0 aromatic heterocycles. The number of benzene rings is 1. The van der Waals surface area contributed by atoms with Gasteiger partial charge in [-0.1, -0.05) is 0 Å². The number of nitrogens with two attached hydrogens (primary N) is 1. The average molecular weight is 353 g/mol. The maximum atomic E-state index is 12.5. The fourth-order valence-electron chi connectivity index (χ4n) is 1.94. The third-order valence-corrected chi connectivity index (χ3v) is 2.92. The van der Waals surface area contributed by atoms with Crippen molar-refractivity contribution < 1.29 is 29.2 Å². The van der Waals surface area contributed by atoms with Crippen molar-refractivity contribution in [3.8, 4) is 0 Å². The van der Waals surface area contributed by atoms with E-state index in [0.717, 1.165) is 17.0 Å². The Morgan fingerprint density at radius 1 is 1.28 bits per heavy atom. The number of carboxylic acids is 1. The molecule has 0 radical (unpaired) electrons. The molecule has 0 saturated heterocycles. The first-order chi connectivity index (χ1) is 11.4. The number of carbonyl (C=O) groups is 3. The van der Waals surface area contributed by atoms with Crippen molar-refractivity contribution in [2.75, 3.05) is 4.90 Å². The van der Waals surface area contributed by atoms with Crippen LogP contribution in [0.4, 0.5) is 16.2 Å². The number of hydrogen-bond acceptors (Lipinski definition) is 6. The molecule has 0 aliphatic heterocycles. The van der Waals surface area contributed by atoms with Gasteiger partial charge in [0.1, 0.15) is 11.6 Å². The van der Waals surface area contributed by atoms with Gasteiger partial charge in [0.15, 0.2) is 0 Å². The minimum Gasteiger partial charge on any atom is -0.480 e. The minimum absolute atomic E-state index is 0.0218. The molecule has 10 nitrogen and oxygen atoms in total. The molecule has 136 valence electrons. The second kappa shape index (κ2) is 7.60. The third-order valence-electron chi connectivity index (χ3n) is 2.92. The number of rotatable bonds is 6. The van der Waals surface area contributed by atoms with Crippen molar-refractivity contribution in [1.29, 1.82) is 0 Å². The number of primary amides is 1. The maximum absolute atomic E-state index is 12.5. The van der Waals surface area contributed by atoms with Gasteiger partial charge in [-0.2, -0.15) is 0 Å². The van der Waals surface area contributed by atoms with Crippen molar-refractivity contribution in [2.24, 2.45) is 5.73 Å². The Bertz CT molecular complexity index is 679. The summed E-state index contributed by atoms with van der Waals surface area (Å²) in [7, 11) is 0. The molecule has 1 atom stereocenters. The lowest BCUT2D eigenvalue weighted by molar-refractivity contribution is -0.384. The quantitative estimate of drug-likeness (QED) is 0.582. The van der Waals surface area contributed by atoms with E-state index < -0.39 is 41.0 Å². The molecule has 0 heterocycles. The van der Waals surface area contributed by atoms with E-state index in [1.807, 2.05) is 0 Å². The van der Waals surface area contributed by atoms with Gasteiger partial charge < -0.3 is 15.6 Å². The summed E-state index contributed by atoms with van der Waals surface area (Å²) in [6.07, 6.45) is -1.67. The number of aliphatic carboxylic acids is 1. The van der Waals surface area contributed by atoms with Crippen LogP contribution in [-0.4, -0.2) is 39.6 Å². The minimum atomic E-state index is -1.62. The first-order valence-corrected chi connectivity index (χ1v) is 7.20. The van der Waals surface area contributed by atoms with Crippen LogP contribution in [0.5, 0.6) is 0 Å². The van der Waals surface area contributed by atoms with Crippen LogP contribution in [0.15, 0.2) is 24.3 Å². The highest BCUT2D eigenvalue weighted by Gasteiger charge is 2.35. The highest BCUT2D eigenvalue weighted by molar-refractivity contribution is 5.97. The number of nitro benzene ring substituents is 1. The van der Waals surface area contributed by atoms with Gasteiger partial charge in [-0.25, -0.2) is 9.59 Å². The van der Waals surface area contributed by atoms with Gasteiger partial charge in [-0.3, -0.25) is 19.8 Å². The number of amides is 2. The molecule has 0 aliphatic carbocycles. The summed E-state index contributed by atoms with van der Waals surface area (Å²) in [6.45, 7) is 4.76. The Morgan fingerprint density at radius 2 is 1.80 bits per heavy atom. The Balaban J connectivity index is 3.34. The zero-order chi connectivity index (χ0) is 19.4. The zero-order valence-electron chi connectivity index (χ0n) is 14.0. The highest BCUT2D eigenvalue weighted by atomic mass is 16.6. The second-order valence-corrected chi connectivity index (χ2v) is 6.15. The number of anilines is 1. The summed E-state index contributed by atoms with van der Waals surface area (Å²) in [5, 5.41) is 20.1. The SMILES string of the molecule is CC(C)(C)OC(=O)N(c1ccc([N+](=O)[O-])cc1)[C@@H](CC(N)=O)C(=O)O. The van der Waals surface area contributed by atoms with E-state index in [4.69, 9.17) is 10.5 Å². The normalized spacial score (nSPS) is 12.1. The van der Waals surface area contributed by atoms with Gasteiger partial charge in [0.05, 0.1) is 11.3 Å². The molecule has 0 unspecified atom stereocenters. The first kappa shape index (κ1) is 19.9. The molecule has 3 N–H and O–H groups in total. The molecule has 0 aliphatic rings. The molecular weight excluding hydrogens is 334 g/mol. The first-order valence-electron chi connectivity index (χ1n) is 7.20. The molecule has 2 amide bonds. The fourth-order valence-corrected chi connectivity index (χ4v) is 1.94. The lowest BCUT2D eigenvalue weighted by atomic mass is 10.1. The maximum Gasteiger partial charge on any atom is 0.415 e. The van der Waals surface area contributed by atoms with Crippen molar-refractivity contribution in [2.45, 2.75) is 38.8 Å².